The molecule has 0 aromatic carbocycles. The second-order valence-corrected chi connectivity index (χ2v) is 4.67. The van der Waals surface area contributed by atoms with Gasteiger partial charge in [0, 0.05) is 6.07 Å². The number of hydrogen-bond acceptors (Lipinski definition) is 4. The Kier molecular flexibility index (Phi) is 2.64. The first-order chi connectivity index (χ1) is 8.78. The quantitative estimate of drug-likeness (QED) is 0.737. The van der Waals surface area contributed by atoms with Gasteiger partial charge < -0.3 is 4.74 Å². The van der Waals surface area contributed by atoms with Gasteiger partial charge in [-0.15, -0.1) is 11.3 Å². The third-order valence-electron chi connectivity index (χ3n) is 2.52. The van der Waals surface area contributed by atoms with Gasteiger partial charge in [0.25, 0.3) is 0 Å². The minimum absolute atomic E-state index is 0.320. The summed E-state index contributed by atoms with van der Waals surface area (Å²) in [4.78, 5) is 16.9. The summed E-state index contributed by atoms with van der Waals surface area (Å²) < 4.78 is 6.63. The number of esters is 1. The van der Waals surface area contributed by atoms with Crippen molar-refractivity contribution in [3.05, 3.63) is 35.5 Å². The van der Waals surface area contributed by atoms with E-state index in [2.05, 4.69) is 10.1 Å². The number of nitrogens with one attached hydrogen (secondary N) is 1. The Labute approximate surface area is 107 Å². The molecule has 0 spiro atoms. The van der Waals surface area contributed by atoms with Crippen LogP contribution in [-0.4, -0.2) is 27.2 Å². The number of rotatable bonds is 3. The van der Waals surface area contributed by atoms with Crippen LogP contribution in [0.1, 0.15) is 17.4 Å². The van der Waals surface area contributed by atoms with Crippen molar-refractivity contribution in [1.82, 2.24) is 14.6 Å². The molecule has 0 atom stereocenters. The summed E-state index contributed by atoms with van der Waals surface area (Å²) in [6.07, 6.45) is 1.64. The number of carbonyl (C=O) groups excluding carboxylic acids is 1. The highest BCUT2D eigenvalue weighted by Crippen LogP contribution is 2.24. The van der Waals surface area contributed by atoms with Crippen molar-refractivity contribution in [3.63, 3.8) is 0 Å². The van der Waals surface area contributed by atoms with Crippen LogP contribution in [0, 0.1) is 0 Å². The van der Waals surface area contributed by atoms with Crippen molar-refractivity contribution in [1.29, 1.82) is 0 Å². The zero-order chi connectivity index (χ0) is 12.5. The first-order valence-electron chi connectivity index (χ1n) is 5.57. The second-order valence-electron chi connectivity index (χ2n) is 3.72. The summed E-state index contributed by atoms with van der Waals surface area (Å²) in [6.45, 7) is 2.12. The molecule has 3 rings (SSSR count). The number of aromatic amines is 1. The zero-order valence-corrected chi connectivity index (χ0v) is 10.5. The van der Waals surface area contributed by atoms with E-state index in [1.54, 1.807) is 29.0 Å². The van der Waals surface area contributed by atoms with Gasteiger partial charge in [-0.1, -0.05) is 6.07 Å². The van der Waals surface area contributed by atoms with E-state index >= 15 is 0 Å². The van der Waals surface area contributed by atoms with Crippen molar-refractivity contribution in [2.24, 2.45) is 0 Å². The van der Waals surface area contributed by atoms with E-state index < -0.39 is 5.97 Å². The molecule has 0 unspecified atom stereocenters. The molecule has 18 heavy (non-hydrogen) atoms. The maximum absolute atomic E-state index is 11.5. The van der Waals surface area contributed by atoms with Gasteiger partial charge in [0.05, 0.1) is 23.4 Å². The molecule has 1 N–H and O–H groups in total. The Morgan fingerprint density at radius 3 is 3.17 bits per heavy atom. The van der Waals surface area contributed by atoms with Crippen LogP contribution < -0.4 is 0 Å². The Balaban J connectivity index is 1.96. The van der Waals surface area contributed by atoms with Crippen molar-refractivity contribution in [3.8, 4) is 10.6 Å². The molecule has 0 saturated heterocycles. The van der Waals surface area contributed by atoms with Crippen LogP contribution >= 0.6 is 11.3 Å². The molecular formula is C12H11N3O2S. The lowest BCUT2D eigenvalue weighted by Gasteiger charge is -1.95. The third kappa shape index (κ3) is 1.80. The number of H-pyrrole nitrogens is 1. The molecule has 3 heterocycles. The lowest BCUT2D eigenvalue weighted by Crippen LogP contribution is -2.04. The Morgan fingerprint density at radius 2 is 2.50 bits per heavy atom. The van der Waals surface area contributed by atoms with E-state index in [1.165, 1.54) is 0 Å². The van der Waals surface area contributed by atoms with E-state index in [4.69, 9.17) is 4.74 Å². The number of carbonyl (C=O) groups is 1. The van der Waals surface area contributed by atoms with Gasteiger partial charge in [-0.3, -0.25) is 5.10 Å². The van der Waals surface area contributed by atoms with E-state index in [9.17, 15) is 4.79 Å². The average molecular weight is 261 g/mol. The molecule has 5 nitrogen and oxygen atoms in total. The van der Waals surface area contributed by atoms with Crippen molar-refractivity contribution in [2.75, 3.05) is 6.61 Å². The maximum Gasteiger partial charge on any atom is 0.358 e. The summed E-state index contributed by atoms with van der Waals surface area (Å²) in [5, 5.41) is 5.19. The molecule has 0 bridgehead atoms. The number of hydrogen-bond donors (Lipinski definition) is 1. The van der Waals surface area contributed by atoms with Crippen LogP contribution in [0.25, 0.3) is 16.2 Å². The van der Waals surface area contributed by atoms with Crippen molar-refractivity contribution < 1.29 is 9.53 Å². The number of thiophene rings is 1. The number of imidazole rings is 1. The van der Waals surface area contributed by atoms with E-state index in [-0.39, 0.29) is 0 Å². The standard InChI is InChI=1S/C12H11N3O2S/c1-2-17-12(16)9-7-15-11(13-9)6-8(14-15)10-4-3-5-18-10/h3-7,14H,2H2,1H3. The third-order valence-corrected chi connectivity index (χ3v) is 3.42. The summed E-state index contributed by atoms with van der Waals surface area (Å²) >= 11 is 1.65. The SMILES string of the molecule is CCOC(=O)c1cn2[nH]c(-c3cccs3)cc2n1. The summed E-state index contributed by atoms with van der Waals surface area (Å²) in [5.41, 5.74) is 2.02. The van der Waals surface area contributed by atoms with Crippen LogP contribution in [-0.2, 0) is 4.74 Å². The predicted molar refractivity (Wildman–Crippen MR) is 68.8 cm³/mol. The zero-order valence-electron chi connectivity index (χ0n) is 9.71. The molecule has 3 aromatic heterocycles. The van der Waals surface area contributed by atoms with Crippen LogP contribution in [0.5, 0.6) is 0 Å². The maximum atomic E-state index is 11.5. The van der Waals surface area contributed by atoms with E-state index in [0.717, 1.165) is 10.6 Å². The summed E-state index contributed by atoms with van der Waals surface area (Å²) in [5.74, 6) is -0.396. The van der Waals surface area contributed by atoms with Crippen LogP contribution in [0.2, 0.25) is 0 Å². The van der Waals surface area contributed by atoms with Crippen LogP contribution in [0.15, 0.2) is 29.8 Å². The molecule has 0 amide bonds. The largest absolute Gasteiger partial charge is 0.461 e. The van der Waals surface area contributed by atoms with Gasteiger partial charge >= 0.3 is 5.97 Å². The first-order valence-corrected chi connectivity index (χ1v) is 6.45. The fourth-order valence-electron chi connectivity index (χ4n) is 1.74. The van der Waals surface area contributed by atoms with Crippen molar-refractivity contribution in [2.45, 2.75) is 6.92 Å². The molecule has 0 saturated carbocycles. The lowest BCUT2D eigenvalue weighted by atomic mass is 10.3. The van der Waals surface area contributed by atoms with Gasteiger partial charge in [-0.2, -0.15) is 0 Å². The monoisotopic (exact) mass is 261 g/mol. The molecule has 0 aliphatic carbocycles. The Hall–Kier alpha value is -2.08. The molecule has 6 heteroatoms. The number of fused-ring (bicyclic) bond motifs is 1. The lowest BCUT2D eigenvalue weighted by molar-refractivity contribution is 0.0520. The minimum atomic E-state index is -0.396. The smallest absolute Gasteiger partial charge is 0.358 e. The van der Waals surface area contributed by atoms with E-state index in [0.29, 0.717) is 17.9 Å². The van der Waals surface area contributed by atoms with Gasteiger partial charge in [0.1, 0.15) is 0 Å². The molecule has 0 fully saturated rings. The molecule has 92 valence electrons. The number of ether oxygens (including phenoxy) is 1. The highest BCUT2D eigenvalue weighted by Gasteiger charge is 2.13. The fourth-order valence-corrected chi connectivity index (χ4v) is 2.43. The summed E-state index contributed by atoms with van der Waals surface area (Å²) in [6, 6.07) is 5.93. The molecule has 3 aromatic rings. The van der Waals surface area contributed by atoms with Crippen LogP contribution in [0.4, 0.5) is 0 Å². The first kappa shape index (κ1) is 11.0. The number of nitrogens with zero attached hydrogens (tertiary/aromatic N) is 2. The highest BCUT2D eigenvalue weighted by molar-refractivity contribution is 7.13. The minimum Gasteiger partial charge on any atom is -0.461 e. The van der Waals surface area contributed by atoms with Gasteiger partial charge in [0.15, 0.2) is 11.3 Å². The molecular weight excluding hydrogens is 250 g/mol. The Bertz CT molecular complexity index is 650. The predicted octanol–water partition coefficient (Wildman–Crippen LogP) is 2.57. The topological polar surface area (TPSA) is 59.4 Å². The molecule has 0 aliphatic heterocycles. The highest BCUT2D eigenvalue weighted by atomic mass is 32.1. The molecule has 0 aliphatic rings. The summed E-state index contributed by atoms with van der Waals surface area (Å²) in [7, 11) is 0. The molecule has 0 radical (unpaired) electrons. The second kappa shape index (κ2) is 4.30. The van der Waals surface area contributed by atoms with E-state index in [1.807, 2.05) is 23.6 Å². The Morgan fingerprint density at radius 1 is 1.61 bits per heavy atom. The fraction of sp³-hybridized carbons (Fsp3) is 0.167. The van der Waals surface area contributed by atoms with Gasteiger partial charge in [-0.05, 0) is 18.4 Å². The number of aromatic nitrogens is 3. The van der Waals surface area contributed by atoms with Gasteiger partial charge in [-0.25, -0.2) is 14.3 Å². The van der Waals surface area contributed by atoms with Crippen LogP contribution in [0.3, 0.4) is 0 Å². The normalized spacial score (nSPS) is 10.9. The van der Waals surface area contributed by atoms with Crippen molar-refractivity contribution >= 4 is 23.0 Å². The van der Waals surface area contributed by atoms with Gasteiger partial charge in [0.2, 0.25) is 0 Å². The average Bonchev–Trinajstić information content (AvgIpc) is 3.03.